The molecule has 3 heteroatoms. The van der Waals surface area contributed by atoms with Gasteiger partial charge in [-0.15, -0.1) is 0 Å². The van der Waals surface area contributed by atoms with Crippen molar-refractivity contribution in [1.82, 2.24) is 4.98 Å². The Bertz CT molecular complexity index is 417. The smallest absolute Gasteiger partial charge is 0.115 e. The van der Waals surface area contributed by atoms with Crippen molar-refractivity contribution >= 4 is 0 Å². The van der Waals surface area contributed by atoms with Crippen molar-refractivity contribution in [3.8, 4) is 16.9 Å². The van der Waals surface area contributed by atoms with E-state index in [2.05, 4.69) is 4.98 Å². The molecule has 0 aliphatic rings. The van der Waals surface area contributed by atoms with Gasteiger partial charge in [0.05, 0.1) is 0 Å². The number of aromatic nitrogens is 1. The van der Waals surface area contributed by atoms with E-state index in [1.807, 2.05) is 24.4 Å². The zero-order chi connectivity index (χ0) is 9.97. The Labute approximate surface area is 82.2 Å². The van der Waals surface area contributed by atoms with Crippen molar-refractivity contribution in [2.75, 3.05) is 0 Å². The van der Waals surface area contributed by atoms with E-state index in [-0.39, 0.29) is 5.75 Å². The lowest BCUT2D eigenvalue weighted by molar-refractivity contribution is 0.475. The van der Waals surface area contributed by atoms with Gasteiger partial charge in [-0.1, -0.05) is 12.1 Å². The maximum atomic E-state index is 9.13. The van der Waals surface area contributed by atoms with Gasteiger partial charge in [-0.05, 0) is 29.3 Å². The molecule has 72 valence electrons. The maximum Gasteiger partial charge on any atom is 0.115 e. The fourth-order valence-corrected chi connectivity index (χ4v) is 1.38. The largest absolute Gasteiger partial charge is 0.508 e. The number of rotatable bonds is 2. The van der Waals surface area contributed by atoms with Crippen molar-refractivity contribution in [2.45, 2.75) is 6.54 Å². The molecule has 1 aromatic carbocycles. The average molecular weight is 188 g/mol. The summed E-state index contributed by atoms with van der Waals surface area (Å²) in [5.74, 6) is 0.281. The molecule has 0 fully saturated rings. The monoisotopic (exact) mass is 188 g/mol. The summed E-state index contributed by atoms with van der Waals surface area (Å²) < 4.78 is 0. The summed E-state index contributed by atoms with van der Waals surface area (Å²) in [7, 11) is 0. The summed E-state index contributed by atoms with van der Waals surface area (Å²) in [5.41, 5.74) is 8.66. The van der Waals surface area contributed by atoms with Crippen molar-refractivity contribution in [3.63, 3.8) is 0 Å². The van der Waals surface area contributed by atoms with Gasteiger partial charge in [0.2, 0.25) is 0 Å². The van der Waals surface area contributed by atoms with E-state index in [9.17, 15) is 0 Å². The van der Waals surface area contributed by atoms with Crippen LogP contribution in [0.4, 0.5) is 0 Å². The van der Waals surface area contributed by atoms with E-state index >= 15 is 0 Å². The molecule has 0 aliphatic heterocycles. The molecule has 0 amide bonds. The highest BCUT2D eigenvalue weighted by Gasteiger charge is 2.00. The van der Waals surface area contributed by atoms with Crippen LogP contribution in [0.15, 0.2) is 36.5 Å². The highest BCUT2D eigenvalue weighted by molar-refractivity contribution is 5.64. The van der Waals surface area contributed by atoms with E-state index in [1.165, 1.54) is 0 Å². The Balaban J connectivity index is 2.34. The van der Waals surface area contributed by atoms with Crippen LogP contribution >= 0.6 is 0 Å². The number of phenols is 1. The number of aromatic hydroxyl groups is 1. The summed E-state index contributed by atoms with van der Waals surface area (Å²) in [4.78, 5) is 3.08. The third kappa shape index (κ3) is 1.63. The van der Waals surface area contributed by atoms with Crippen molar-refractivity contribution in [1.29, 1.82) is 0 Å². The number of nitrogens with one attached hydrogen (secondary N) is 1. The highest BCUT2D eigenvalue weighted by atomic mass is 16.3. The Morgan fingerprint density at radius 3 is 2.43 bits per heavy atom. The van der Waals surface area contributed by atoms with Crippen LogP contribution in [0.1, 0.15) is 5.69 Å². The molecule has 4 N–H and O–H groups in total. The first-order valence-electron chi connectivity index (χ1n) is 4.46. The first-order chi connectivity index (χ1) is 6.79. The maximum absolute atomic E-state index is 9.13. The molecule has 14 heavy (non-hydrogen) atoms. The Morgan fingerprint density at radius 1 is 1.14 bits per heavy atom. The number of phenolic OH excluding ortho intramolecular Hbond substituents is 1. The molecular weight excluding hydrogens is 176 g/mol. The van der Waals surface area contributed by atoms with Gasteiger partial charge in [0.25, 0.3) is 0 Å². The summed E-state index contributed by atoms with van der Waals surface area (Å²) in [5, 5.41) is 9.13. The van der Waals surface area contributed by atoms with E-state index in [0.29, 0.717) is 6.54 Å². The Morgan fingerprint density at radius 2 is 1.86 bits per heavy atom. The van der Waals surface area contributed by atoms with Gasteiger partial charge in [-0.25, -0.2) is 0 Å². The molecule has 0 spiro atoms. The molecule has 0 saturated carbocycles. The normalized spacial score (nSPS) is 10.4. The Hall–Kier alpha value is -1.74. The topological polar surface area (TPSA) is 62.0 Å². The zero-order valence-electron chi connectivity index (χ0n) is 7.70. The lowest BCUT2D eigenvalue weighted by Crippen LogP contribution is -1.94. The summed E-state index contributed by atoms with van der Waals surface area (Å²) in [6.45, 7) is 0.512. The van der Waals surface area contributed by atoms with Crippen LogP contribution in [-0.4, -0.2) is 10.1 Å². The van der Waals surface area contributed by atoms with Crippen molar-refractivity contribution < 1.29 is 5.11 Å². The van der Waals surface area contributed by atoms with Crippen LogP contribution in [0.2, 0.25) is 0 Å². The molecule has 1 aromatic heterocycles. The average Bonchev–Trinajstić information content (AvgIpc) is 2.67. The van der Waals surface area contributed by atoms with Crippen LogP contribution in [0, 0.1) is 0 Å². The minimum Gasteiger partial charge on any atom is -0.508 e. The van der Waals surface area contributed by atoms with Gasteiger partial charge < -0.3 is 15.8 Å². The minimum absolute atomic E-state index is 0.281. The number of aromatic amines is 1. The zero-order valence-corrected chi connectivity index (χ0v) is 7.70. The fraction of sp³-hybridized carbons (Fsp3) is 0.0909. The van der Waals surface area contributed by atoms with Crippen LogP contribution < -0.4 is 5.73 Å². The van der Waals surface area contributed by atoms with Gasteiger partial charge >= 0.3 is 0 Å². The third-order valence-electron chi connectivity index (χ3n) is 2.16. The molecule has 0 aliphatic carbocycles. The van der Waals surface area contributed by atoms with Crippen LogP contribution in [0.25, 0.3) is 11.1 Å². The van der Waals surface area contributed by atoms with Crippen LogP contribution in [-0.2, 0) is 6.54 Å². The molecule has 0 radical (unpaired) electrons. The van der Waals surface area contributed by atoms with Gasteiger partial charge in [0, 0.05) is 18.4 Å². The van der Waals surface area contributed by atoms with Crippen molar-refractivity contribution in [3.05, 3.63) is 42.2 Å². The van der Waals surface area contributed by atoms with Gasteiger partial charge in [0.15, 0.2) is 0 Å². The predicted molar refractivity (Wildman–Crippen MR) is 55.8 cm³/mol. The van der Waals surface area contributed by atoms with Crippen LogP contribution in [0.3, 0.4) is 0 Å². The number of H-pyrrole nitrogens is 1. The van der Waals surface area contributed by atoms with E-state index in [0.717, 1.165) is 16.8 Å². The molecule has 1 heterocycles. The van der Waals surface area contributed by atoms with Crippen LogP contribution in [0.5, 0.6) is 5.75 Å². The number of nitrogens with two attached hydrogens (primary N) is 1. The van der Waals surface area contributed by atoms with Gasteiger partial charge in [-0.3, -0.25) is 0 Å². The quantitative estimate of drug-likeness (QED) is 0.673. The molecule has 0 bridgehead atoms. The minimum atomic E-state index is 0.281. The third-order valence-corrected chi connectivity index (χ3v) is 2.16. The van der Waals surface area contributed by atoms with Gasteiger partial charge in [-0.2, -0.15) is 0 Å². The lowest BCUT2D eigenvalue weighted by atomic mass is 10.1. The molecular formula is C11H12N2O. The second kappa shape index (κ2) is 3.55. The number of hydrogen-bond donors (Lipinski definition) is 3. The fourth-order valence-electron chi connectivity index (χ4n) is 1.38. The van der Waals surface area contributed by atoms with E-state index < -0.39 is 0 Å². The second-order valence-corrected chi connectivity index (χ2v) is 3.16. The molecule has 0 unspecified atom stereocenters. The second-order valence-electron chi connectivity index (χ2n) is 3.16. The predicted octanol–water partition coefficient (Wildman–Crippen LogP) is 1.85. The summed E-state index contributed by atoms with van der Waals surface area (Å²) in [6.07, 6.45) is 1.91. The standard InChI is InChI=1S/C11H12N2O/c12-6-10-5-9(7-13-10)8-1-3-11(14)4-2-8/h1-5,7,13-14H,6,12H2. The number of hydrogen-bond acceptors (Lipinski definition) is 2. The Kier molecular flexibility index (Phi) is 2.24. The molecule has 2 aromatic rings. The molecule has 0 saturated heterocycles. The first-order valence-corrected chi connectivity index (χ1v) is 4.46. The first kappa shape index (κ1) is 8.84. The highest BCUT2D eigenvalue weighted by Crippen LogP contribution is 2.22. The molecule has 0 atom stereocenters. The van der Waals surface area contributed by atoms with E-state index in [1.54, 1.807) is 12.1 Å². The van der Waals surface area contributed by atoms with Gasteiger partial charge in [0.1, 0.15) is 5.75 Å². The summed E-state index contributed by atoms with van der Waals surface area (Å²) in [6, 6.07) is 9.10. The lowest BCUT2D eigenvalue weighted by Gasteiger charge is -1.96. The molecule has 2 rings (SSSR count). The number of benzene rings is 1. The van der Waals surface area contributed by atoms with E-state index in [4.69, 9.17) is 10.8 Å². The molecule has 3 nitrogen and oxygen atoms in total. The van der Waals surface area contributed by atoms with Crippen molar-refractivity contribution in [2.24, 2.45) is 5.73 Å². The SMILES string of the molecule is NCc1cc(-c2ccc(O)cc2)c[nH]1. The summed E-state index contributed by atoms with van der Waals surface area (Å²) >= 11 is 0.